The Morgan fingerprint density at radius 2 is 2.25 bits per heavy atom. The number of thiophene rings is 1. The highest BCUT2D eigenvalue weighted by atomic mass is 35.5. The third-order valence-corrected chi connectivity index (χ3v) is 4.86. The van der Waals surface area contributed by atoms with Crippen LogP contribution in [-0.2, 0) is 11.2 Å². The lowest BCUT2D eigenvalue weighted by Gasteiger charge is -2.06. The number of halogens is 1. The summed E-state index contributed by atoms with van der Waals surface area (Å²) in [5, 5.41) is 5.54. The zero-order chi connectivity index (χ0) is 14.4. The second-order valence-corrected chi connectivity index (χ2v) is 6.64. The Labute approximate surface area is 131 Å². The average Bonchev–Trinajstić information content (AvgIpc) is 2.91. The molecule has 0 fully saturated rings. The number of anilines is 1. The van der Waals surface area contributed by atoms with Gasteiger partial charge in [-0.3, -0.25) is 4.79 Å². The van der Waals surface area contributed by atoms with Crippen molar-refractivity contribution in [1.29, 1.82) is 0 Å². The van der Waals surface area contributed by atoms with Crippen LogP contribution < -0.4 is 11.1 Å². The minimum absolute atomic E-state index is 0.0147. The largest absolute Gasteiger partial charge is 0.398 e. The summed E-state index contributed by atoms with van der Waals surface area (Å²) in [6.07, 6.45) is 0.872. The Morgan fingerprint density at radius 1 is 1.40 bits per heavy atom. The highest BCUT2D eigenvalue weighted by Crippen LogP contribution is 2.27. The number of carbonyl (C=O) groups is 1. The molecule has 0 atom stereocenters. The topological polar surface area (TPSA) is 55.1 Å². The van der Waals surface area contributed by atoms with Gasteiger partial charge in [0, 0.05) is 27.0 Å². The highest BCUT2D eigenvalue weighted by Gasteiger charge is 2.05. The third kappa shape index (κ3) is 4.74. The van der Waals surface area contributed by atoms with Crippen LogP contribution in [0, 0.1) is 0 Å². The summed E-state index contributed by atoms with van der Waals surface area (Å²) in [4.78, 5) is 13.9. The molecule has 1 aromatic heterocycles. The molecule has 0 unspecified atom stereocenters. The fourth-order valence-corrected chi connectivity index (χ4v) is 3.29. The summed E-state index contributed by atoms with van der Waals surface area (Å²) in [6.45, 7) is 0.663. The minimum Gasteiger partial charge on any atom is -0.398 e. The molecule has 0 aliphatic carbocycles. The lowest BCUT2D eigenvalue weighted by atomic mass is 10.3. The first kappa shape index (κ1) is 15.2. The first-order valence-electron chi connectivity index (χ1n) is 6.12. The molecular weight excluding hydrogens is 312 g/mol. The molecule has 6 heteroatoms. The summed E-state index contributed by atoms with van der Waals surface area (Å²) in [6, 6.07) is 9.38. The van der Waals surface area contributed by atoms with Gasteiger partial charge in [0.15, 0.2) is 0 Å². The van der Waals surface area contributed by atoms with Crippen LogP contribution in [0.15, 0.2) is 40.6 Å². The molecule has 1 heterocycles. The standard InChI is InChI=1S/C14H15ClN2OS2/c15-10-3-4-13(12(16)8-10)20-9-14(18)17-6-5-11-2-1-7-19-11/h1-4,7-8H,5-6,9,16H2,(H,17,18). The molecule has 2 rings (SSSR count). The monoisotopic (exact) mass is 326 g/mol. The van der Waals surface area contributed by atoms with Crippen LogP contribution in [0.3, 0.4) is 0 Å². The van der Waals surface area contributed by atoms with Crippen molar-refractivity contribution in [2.45, 2.75) is 11.3 Å². The van der Waals surface area contributed by atoms with Gasteiger partial charge in [-0.25, -0.2) is 0 Å². The van der Waals surface area contributed by atoms with Crippen LogP contribution in [-0.4, -0.2) is 18.2 Å². The van der Waals surface area contributed by atoms with Crippen LogP contribution in [0.2, 0.25) is 5.02 Å². The van der Waals surface area contributed by atoms with Crippen LogP contribution in [0.4, 0.5) is 5.69 Å². The summed E-state index contributed by atoms with van der Waals surface area (Å²) >= 11 is 8.95. The Kier molecular flexibility index (Phi) is 5.76. The van der Waals surface area contributed by atoms with E-state index in [1.165, 1.54) is 16.6 Å². The summed E-state index contributed by atoms with van der Waals surface area (Å²) < 4.78 is 0. The number of carbonyl (C=O) groups excluding carboxylic acids is 1. The first-order valence-corrected chi connectivity index (χ1v) is 8.36. The van der Waals surface area contributed by atoms with E-state index in [4.69, 9.17) is 17.3 Å². The number of benzene rings is 1. The summed E-state index contributed by atoms with van der Waals surface area (Å²) in [5.74, 6) is 0.372. The fourth-order valence-electron chi connectivity index (χ4n) is 1.63. The van der Waals surface area contributed by atoms with Gasteiger partial charge in [-0.2, -0.15) is 0 Å². The number of hydrogen-bond acceptors (Lipinski definition) is 4. The van der Waals surface area contributed by atoms with Gasteiger partial charge < -0.3 is 11.1 Å². The molecule has 2 aromatic rings. The zero-order valence-electron chi connectivity index (χ0n) is 10.8. The fraction of sp³-hybridized carbons (Fsp3) is 0.214. The van der Waals surface area contributed by atoms with Crippen LogP contribution in [0.5, 0.6) is 0 Å². The smallest absolute Gasteiger partial charge is 0.230 e. The maximum atomic E-state index is 11.7. The Hall–Kier alpha value is -1.17. The SMILES string of the molecule is Nc1cc(Cl)ccc1SCC(=O)NCCc1cccs1. The van der Waals surface area contributed by atoms with Gasteiger partial charge in [0.25, 0.3) is 0 Å². The van der Waals surface area contributed by atoms with Crippen LogP contribution >= 0.6 is 34.7 Å². The first-order chi connectivity index (χ1) is 9.65. The maximum absolute atomic E-state index is 11.7. The Morgan fingerprint density at radius 3 is 2.95 bits per heavy atom. The molecule has 0 saturated carbocycles. The molecule has 0 aliphatic rings. The number of nitrogens with two attached hydrogens (primary N) is 1. The molecule has 0 bridgehead atoms. The normalized spacial score (nSPS) is 10.4. The van der Waals surface area contributed by atoms with Crippen molar-refractivity contribution in [2.75, 3.05) is 18.0 Å². The van der Waals surface area contributed by atoms with E-state index in [1.807, 2.05) is 17.5 Å². The predicted molar refractivity (Wildman–Crippen MR) is 87.6 cm³/mol. The molecule has 3 nitrogen and oxygen atoms in total. The summed E-state index contributed by atoms with van der Waals surface area (Å²) in [5.41, 5.74) is 6.44. The van der Waals surface area contributed by atoms with Crippen molar-refractivity contribution in [3.8, 4) is 0 Å². The van der Waals surface area contributed by atoms with Gasteiger partial charge in [0.05, 0.1) is 5.75 Å². The zero-order valence-corrected chi connectivity index (χ0v) is 13.2. The van der Waals surface area contributed by atoms with Gasteiger partial charge in [0.1, 0.15) is 0 Å². The number of hydrogen-bond donors (Lipinski definition) is 2. The minimum atomic E-state index is 0.0147. The predicted octanol–water partition coefficient (Wildman–Crippen LogP) is 3.43. The van der Waals surface area contributed by atoms with E-state index in [1.54, 1.807) is 23.5 Å². The van der Waals surface area contributed by atoms with E-state index in [0.717, 1.165) is 11.3 Å². The molecule has 0 saturated heterocycles. The lowest BCUT2D eigenvalue weighted by Crippen LogP contribution is -2.27. The molecule has 0 spiro atoms. The van der Waals surface area contributed by atoms with Gasteiger partial charge in [-0.15, -0.1) is 23.1 Å². The number of nitrogens with one attached hydrogen (secondary N) is 1. The number of nitrogen functional groups attached to an aromatic ring is 1. The molecule has 20 heavy (non-hydrogen) atoms. The van der Waals surface area contributed by atoms with E-state index in [2.05, 4.69) is 11.4 Å². The summed E-state index contributed by atoms with van der Waals surface area (Å²) in [7, 11) is 0. The lowest BCUT2D eigenvalue weighted by molar-refractivity contribution is -0.118. The quantitative estimate of drug-likeness (QED) is 0.631. The van der Waals surface area contributed by atoms with Crippen molar-refractivity contribution in [3.63, 3.8) is 0 Å². The van der Waals surface area contributed by atoms with E-state index < -0.39 is 0 Å². The maximum Gasteiger partial charge on any atom is 0.230 e. The number of thioether (sulfide) groups is 1. The van der Waals surface area contributed by atoms with Crippen molar-refractivity contribution in [1.82, 2.24) is 5.32 Å². The second-order valence-electron chi connectivity index (χ2n) is 4.15. The Bertz CT molecular complexity index is 573. The van der Waals surface area contributed by atoms with E-state index in [0.29, 0.717) is 23.0 Å². The van der Waals surface area contributed by atoms with Crippen molar-refractivity contribution < 1.29 is 4.79 Å². The van der Waals surface area contributed by atoms with E-state index in [9.17, 15) is 4.79 Å². The number of rotatable bonds is 6. The highest BCUT2D eigenvalue weighted by molar-refractivity contribution is 8.00. The van der Waals surface area contributed by atoms with Gasteiger partial charge in [0.2, 0.25) is 5.91 Å². The average molecular weight is 327 g/mol. The third-order valence-electron chi connectivity index (χ3n) is 2.60. The second kappa shape index (κ2) is 7.57. The van der Waals surface area contributed by atoms with E-state index >= 15 is 0 Å². The van der Waals surface area contributed by atoms with E-state index in [-0.39, 0.29) is 5.91 Å². The van der Waals surface area contributed by atoms with Gasteiger partial charge in [-0.1, -0.05) is 17.7 Å². The molecule has 1 aromatic carbocycles. The van der Waals surface area contributed by atoms with Crippen molar-refractivity contribution in [2.24, 2.45) is 0 Å². The molecule has 0 aliphatic heterocycles. The molecular formula is C14H15ClN2OS2. The molecule has 0 radical (unpaired) electrons. The molecule has 106 valence electrons. The van der Waals surface area contributed by atoms with Gasteiger partial charge >= 0.3 is 0 Å². The van der Waals surface area contributed by atoms with Crippen molar-refractivity contribution in [3.05, 3.63) is 45.6 Å². The number of amides is 1. The van der Waals surface area contributed by atoms with Crippen LogP contribution in [0.1, 0.15) is 4.88 Å². The molecule has 1 amide bonds. The van der Waals surface area contributed by atoms with Gasteiger partial charge in [-0.05, 0) is 36.1 Å². The Balaban J connectivity index is 1.72. The van der Waals surface area contributed by atoms with Crippen molar-refractivity contribution >= 4 is 46.3 Å². The molecule has 3 N–H and O–H groups in total. The van der Waals surface area contributed by atoms with Crippen LogP contribution in [0.25, 0.3) is 0 Å².